The Hall–Kier alpha value is -1.08. The van der Waals surface area contributed by atoms with Crippen molar-refractivity contribution in [2.75, 3.05) is 5.75 Å². The first kappa shape index (κ1) is 16.3. The topological polar surface area (TPSA) is 60.2 Å². The Morgan fingerprint density at radius 1 is 1.19 bits per heavy atom. The average Bonchev–Trinajstić information content (AvgIpc) is 2.81. The van der Waals surface area contributed by atoms with Gasteiger partial charge in [0.25, 0.3) is 0 Å². The molecule has 1 aliphatic carbocycles. The Morgan fingerprint density at radius 3 is 2.43 bits per heavy atom. The molecular weight excluding hydrogens is 303 g/mol. The van der Waals surface area contributed by atoms with Crippen LogP contribution >= 0.6 is 0 Å². The first-order valence-corrected chi connectivity index (χ1v) is 8.51. The lowest BCUT2D eigenvalue weighted by atomic mass is 10.0. The summed E-state index contributed by atoms with van der Waals surface area (Å²) in [6, 6.07) is 4.28. The molecule has 0 aliphatic heterocycles. The lowest BCUT2D eigenvalue weighted by molar-refractivity contribution is -0.139. The fourth-order valence-corrected chi connectivity index (χ4v) is 4.45. The van der Waals surface area contributed by atoms with E-state index < -0.39 is 26.5 Å². The molecule has 0 spiro atoms. The minimum absolute atomic E-state index is 0.0435. The molecule has 0 aromatic heterocycles. The van der Waals surface area contributed by atoms with Crippen LogP contribution < -0.4 is 5.73 Å². The Balaban J connectivity index is 2.20. The smallest absolute Gasteiger partial charge is 0.327 e. The maximum atomic E-state index is 12.9. The highest BCUT2D eigenvalue weighted by Gasteiger charge is 2.37. The Morgan fingerprint density at radius 2 is 1.86 bits per heavy atom. The summed E-state index contributed by atoms with van der Waals surface area (Å²) in [5, 5.41) is 0. The van der Waals surface area contributed by atoms with Gasteiger partial charge in [0, 0.05) is 6.04 Å². The lowest BCUT2D eigenvalue weighted by Crippen LogP contribution is -2.26. The molecule has 1 saturated carbocycles. The van der Waals surface area contributed by atoms with Crippen LogP contribution in [-0.2, 0) is 16.0 Å². The van der Waals surface area contributed by atoms with Gasteiger partial charge in [0.05, 0.1) is 16.2 Å². The Kier molecular flexibility index (Phi) is 4.63. The molecule has 2 rings (SSSR count). The molecule has 21 heavy (non-hydrogen) atoms. The van der Waals surface area contributed by atoms with E-state index >= 15 is 0 Å². The number of halogens is 3. The monoisotopic (exact) mass is 321 g/mol. The molecule has 0 radical (unpaired) electrons. The average molecular weight is 321 g/mol. The molecule has 1 aromatic carbocycles. The summed E-state index contributed by atoms with van der Waals surface area (Å²) in [5.74, 6) is -0.212. The second-order valence-electron chi connectivity index (χ2n) is 5.46. The largest absolute Gasteiger partial charge is 0.417 e. The van der Waals surface area contributed by atoms with E-state index in [1.165, 1.54) is 12.1 Å². The third kappa shape index (κ3) is 3.77. The van der Waals surface area contributed by atoms with Crippen LogP contribution in [0.25, 0.3) is 0 Å². The van der Waals surface area contributed by atoms with E-state index in [9.17, 15) is 21.6 Å². The normalized spacial score (nSPS) is 23.4. The van der Waals surface area contributed by atoms with Crippen LogP contribution in [0.1, 0.15) is 31.2 Å². The molecular formula is C14H18F3NO2S. The van der Waals surface area contributed by atoms with Crippen molar-refractivity contribution in [1.29, 1.82) is 0 Å². The molecule has 7 heteroatoms. The van der Waals surface area contributed by atoms with Gasteiger partial charge < -0.3 is 5.73 Å². The van der Waals surface area contributed by atoms with E-state index in [4.69, 9.17) is 5.73 Å². The molecule has 2 unspecified atom stereocenters. The fourth-order valence-electron chi connectivity index (χ4n) is 2.81. The number of hydrogen-bond acceptors (Lipinski definition) is 3. The molecule has 118 valence electrons. The number of alkyl halides is 3. The van der Waals surface area contributed by atoms with Crippen molar-refractivity contribution in [1.82, 2.24) is 0 Å². The summed E-state index contributed by atoms with van der Waals surface area (Å²) in [4.78, 5) is -0.635. The molecule has 2 atom stereocenters. The number of hydrogen-bond donors (Lipinski definition) is 1. The Labute approximate surface area is 122 Å². The van der Waals surface area contributed by atoms with Crippen LogP contribution in [0.4, 0.5) is 13.2 Å². The van der Waals surface area contributed by atoms with Crippen molar-refractivity contribution in [3.05, 3.63) is 29.8 Å². The second kappa shape index (κ2) is 5.96. The van der Waals surface area contributed by atoms with Crippen molar-refractivity contribution < 1.29 is 21.6 Å². The van der Waals surface area contributed by atoms with E-state index in [-0.39, 0.29) is 17.7 Å². The summed E-state index contributed by atoms with van der Waals surface area (Å²) in [6.45, 7) is 0. The molecule has 1 aromatic rings. The van der Waals surface area contributed by atoms with Crippen LogP contribution in [-0.4, -0.2) is 20.2 Å². The maximum absolute atomic E-state index is 12.9. The second-order valence-corrected chi connectivity index (χ2v) is 7.53. The molecule has 3 nitrogen and oxygen atoms in total. The molecule has 0 amide bonds. The van der Waals surface area contributed by atoms with Crippen molar-refractivity contribution in [2.24, 2.45) is 11.7 Å². The number of sulfone groups is 1. The number of rotatable bonds is 4. The van der Waals surface area contributed by atoms with Crippen LogP contribution in [0.5, 0.6) is 0 Å². The zero-order chi connectivity index (χ0) is 15.7. The first-order chi connectivity index (χ1) is 9.72. The molecule has 2 N–H and O–H groups in total. The van der Waals surface area contributed by atoms with Gasteiger partial charge in [-0.3, -0.25) is 0 Å². The minimum Gasteiger partial charge on any atom is -0.327 e. The lowest BCUT2D eigenvalue weighted by Gasteiger charge is -2.17. The van der Waals surface area contributed by atoms with Crippen molar-refractivity contribution in [3.8, 4) is 0 Å². The van der Waals surface area contributed by atoms with Crippen LogP contribution in [0.3, 0.4) is 0 Å². The molecule has 0 saturated heterocycles. The number of nitrogens with two attached hydrogens (primary N) is 1. The van der Waals surface area contributed by atoms with Crippen LogP contribution in [0, 0.1) is 5.92 Å². The van der Waals surface area contributed by atoms with E-state index in [0.717, 1.165) is 31.4 Å². The first-order valence-electron chi connectivity index (χ1n) is 6.86. The maximum Gasteiger partial charge on any atom is 0.417 e. The SMILES string of the molecule is NC1CCCC1CCS(=O)(=O)c1ccccc1C(F)(F)F. The predicted octanol–water partition coefficient (Wildman–Crippen LogP) is 3.00. The van der Waals surface area contributed by atoms with Crippen molar-refractivity contribution in [3.63, 3.8) is 0 Å². The Bertz CT molecular complexity index is 598. The van der Waals surface area contributed by atoms with Gasteiger partial charge in [-0.1, -0.05) is 18.6 Å². The molecule has 1 fully saturated rings. The van der Waals surface area contributed by atoms with Gasteiger partial charge >= 0.3 is 6.18 Å². The van der Waals surface area contributed by atoms with Crippen molar-refractivity contribution >= 4 is 9.84 Å². The summed E-state index contributed by atoms with van der Waals surface area (Å²) < 4.78 is 63.1. The quantitative estimate of drug-likeness (QED) is 0.927. The highest BCUT2D eigenvalue weighted by Crippen LogP contribution is 2.35. The highest BCUT2D eigenvalue weighted by molar-refractivity contribution is 7.91. The standard InChI is InChI=1S/C14H18F3NO2S/c15-14(16,17)11-5-1-2-7-13(11)21(19,20)9-8-10-4-3-6-12(10)18/h1-2,5,7,10,12H,3-4,6,8-9,18H2. The van der Waals surface area contributed by atoms with Gasteiger partial charge in [0.2, 0.25) is 0 Å². The third-order valence-corrected chi connectivity index (χ3v) is 5.80. The van der Waals surface area contributed by atoms with Crippen molar-refractivity contribution in [2.45, 2.75) is 42.8 Å². The van der Waals surface area contributed by atoms with E-state index in [2.05, 4.69) is 0 Å². The molecule has 0 bridgehead atoms. The van der Waals surface area contributed by atoms with E-state index in [0.29, 0.717) is 6.42 Å². The third-order valence-electron chi connectivity index (χ3n) is 4.00. The van der Waals surface area contributed by atoms with Gasteiger partial charge in [0.1, 0.15) is 0 Å². The fraction of sp³-hybridized carbons (Fsp3) is 0.571. The van der Waals surface area contributed by atoms with E-state index in [1.807, 2.05) is 0 Å². The summed E-state index contributed by atoms with van der Waals surface area (Å²) in [6.07, 6.45) is -1.71. The van der Waals surface area contributed by atoms with Gasteiger partial charge in [-0.15, -0.1) is 0 Å². The molecule has 0 heterocycles. The van der Waals surface area contributed by atoms with E-state index in [1.54, 1.807) is 0 Å². The number of benzene rings is 1. The minimum atomic E-state index is -4.67. The van der Waals surface area contributed by atoms with Gasteiger partial charge in [0.15, 0.2) is 9.84 Å². The van der Waals surface area contributed by atoms with Gasteiger partial charge in [-0.2, -0.15) is 13.2 Å². The van der Waals surface area contributed by atoms with Gasteiger partial charge in [-0.25, -0.2) is 8.42 Å². The summed E-state index contributed by atoms with van der Waals surface area (Å²) in [5.41, 5.74) is 4.77. The van der Waals surface area contributed by atoms with Gasteiger partial charge in [-0.05, 0) is 37.3 Å². The van der Waals surface area contributed by atoms with Crippen LogP contribution in [0.2, 0.25) is 0 Å². The predicted molar refractivity (Wildman–Crippen MR) is 73.4 cm³/mol. The summed E-state index contributed by atoms with van der Waals surface area (Å²) in [7, 11) is -3.96. The summed E-state index contributed by atoms with van der Waals surface area (Å²) >= 11 is 0. The van der Waals surface area contributed by atoms with Crippen LogP contribution in [0.15, 0.2) is 29.2 Å². The highest BCUT2D eigenvalue weighted by atomic mass is 32.2. The zero-order valence-corrected chi connectivity index (χ0v) is 12.3. The zero-order valence-electron chi connectivity index (χ0n) is 11.4. The molecule has 1 aliphatic rings.